The van der Waals surface area contributed by atoms with Gasteiger partial charge in [-0.15, -0.1) is 0 Å². The fourth-order valence-corrected chi connectivity index (χ4v) is 3.08. The number of nitrogens with one attached hydrogen (secondary N) is 1. The van der Waals surface area contributed by atoms with Crippen LogP contribution in [0.25, 0.3) is 0 Å². The van der Waals surface area contributed by atoms with Crippen LogP contribution in [0.1, 0.15) is 38.4 Å². The zero-order chi connectivity index (χ0) is 15.9. The van der Waals surface area contributed by atoms with Gasteiger partial charge in [-0.25, -0.2) is 0 Å². The fraction of sp³-hybridized carbons (Fsp3) is 0.667. The molecule has 1 fully saturated rings. The zero-order valence-electron chi connectivity index (χ0n) is 14.1. The molecule has 4 nitrogen and oxygen atoms in total. The van der Waals surface area contributed by atoms with E-state index in [9.17, 15) is 5.11 Å². The second-order valence-electron chi connectivity index (χ2n) is 6.67. The lowest BCUT2D eigenvalue weighted by molar-refractivity contribution is 0.146. The highest BCUT2D eigenvalue weighted by molar-refractivity contribution is 5.29. The molecule has 2 rings (SSSR count). The minimum Gasteiger partial charge on any atom is -0.497 e. The van der Waals surface area contributed by atoms with Gasteiger partial charge in [0.05, 0.1) is 13.2 Å². The average molecular weight is 306 g/mol. The molecular weight excluding hydrogens is 276 g/mol. The van der Waals surface area contributed by atoms with Crippen LogP contribution in [0.4, 0.5) is 0 Å². The summed E-state index contributed by atoms with van der Waals surface area (Å²) in [4.78, 5) is 2.54. The topological polar surface area (TPSA) is 44.7 Å². The maximum absolute atomic E-state index is 10.3. The van der Waals surface area contributed by atoms with Crippen LogP contribution in [0.2, 0.25) is 0 Å². The molecule has 0 saturated carbocycles. The number of piperidine rings is 1. The first-order chi connectivity index (χ1) is 10.6. The SMILES string of the molecule is COc1cccc(C(O)CNC2CCN(CC(C)C)CC2)c1. The van der Waals surface area contributed by atoms with Crippen molar-refractivity contribution in [1.82, 2.24) is 10.2 Å². The first kappa shape index (κ1) is 17.3. The maximum Gasteiger partial charge on any atom is 0.119 e. The van der Waals surface area contributed by atoms with E-state index >= 15 is 0 Å². The third kappa shape index (κ3) is 5.27. The molecule has 124 valence electrons. The molecule has 2 N–H and O–H groups in total. The van der Waals surface area contributed by atoms with E-state index < -0.39 is 6.10 Å². The number of nitrogens with zero attached hydrogens (tertiary/aromatic N) is 1. The molecule has 0 aromatic heterocycles. The molecule has 1 aliphatic heterocycles. The van der Waals surface area contributed by atoms with Crippen molar-refractivity contribution >= 4 is 0 Å². The van der Waals surface area contributed by atoms with E-state index in [1.54, 1.807) is 7.11 Å². The Labute approximate surface area is 134 Å². The largest absolute Gasteiger partial charge is 0.497 e. The number of benzene rings is 1. The minimum atomic E-state index is -0.483. The Morgan fingerprint density at radius 3 is 2.68 bits per heavy atom. The van der Waals surface area contributed by atoms with Crippen LogP contribution in [0, 0.1) is 5.92 Å². The predicted octanol–water partition coefficient (Wildman–Crippen LogP) is 2.44. The number of likely N-dealkylation sites (tertiary alicyclic amines) is 1. The number of ether oxygens (including phenoxy) is 1. The van der Waals surface area contributed by atoms with Crippen molar-refractivity contribution in [3.8, 4) is 5.75 Å². The fourth-order valence-electron chi connectivity index (χ4n) is 3.08. The maximum atomic E-state index is 10.3. The summed E-state index contributed by atoms with van der Waals surface area (Å²) >= 11 is 0. The van der Waals surface area contributed by atoms with Gasteiger partial charge in [-0.3, -0.25) is 0 Å². The van der Waals surface area contributed by atoms with E-state index in [0.717, 1.165) is 43.2 Å². The summed E-state index contributed by atoms with van der Waals surface area (Å²) in [5, 5.41) is 13.8. The monoisotopic (exact) mass is 306 g/mol. The highest BCUT2D eigenvalue weighted by Gasteiger charge is 2.20. The quantitative estimate of drug-likeness (QED) is 0.812. The van der Waals surface area contributed by atoms with Crippen LogP contribution in [0.3, 0.4) is 0 Å². The summed E-state index contributed by atoms with van der Waals surface area (Å²) in [6, 6.07) is 8.18. The molecule has 1 aromatic rings. The van der Waals surface area contributed by atoms with Crippen LogP contribution in [-0.4, -0.2) is 49.3 Å². The van der Waals surface area contributed by atoms with Crippen LogP contribution in [0.5, 0.6) is 5.75 Å². The summed E-state index contributed by atoms with van der Waals surface area (Å²) < 4.78 is 5.21. The van der Waals surface area contributed by atoms with Crippen LogP contribution in [0.15, 0.2) is 24.3 Å². The van der Waals surface area contributed by atoms with Crippen molar-refractivity contribution in [3.63, 3.8) is 0 Å². The van der Waals surface area contributed by atoms with Crippen molar-refractivity contribution in [2.75, 3.05) is 33.3 Å². The van der Waals surface area contributed by atoms with E-state index in [1.165, 1.54) is 6.54 Å². The lowest BCUT2D eigenvalue weighted by atomic mass is 10.0. The van der Waals surface area contributed by atoms with E-state index in [-0.39, 0.29) is 0 Å². The van der Waals surface area contributed by atoms with Gasteiger partial charge in [-0.05, 0) is 49.5 Å². The zero-order valence-corrected chi connectivity index (χ0v) is 14.1. The Morgan fingerprint density at radius 2 is 2.05 bits per heavy atom. The first-order valence-electron chi connectivity index (χ1n) is 8.36. The lowest BCUT2D eigenvalue weighted by Crippen LogP contribution is -2.44. The Balaban J connectivity index is 1.74. The van der Waals surface area contributed by atoms with Crippen molar-refractivity contribution in [2.45, 2.75) is 38.8 Å². The number of aliphatic hydroxyl groups is 1. The summed E-state index contributed by atoms with van der Waals surface area (Å²) in [5.74, 6) is 1.53. The number of hydrogen-bond donors (Lipinski definition) is 2. The summed E-state index contributed by atoms with van der Waals surface area (Å²) in [6.45, 7) is 8.65. The molecule has 0 aliphatic carbocycles. The third-order valence-electron chi connectivity index (χ3n) is 4.29. The molecule has 4 heteroatoms. The van der Waals surface area contributed by atoms with Gasteiger partial charge < -0.3 is 20.1 Å². The summed E-state index contributed by atoms with van der Waals surface area (Å²) in [6.07, 6.45) is 1.85. The second-order valence-corrected chi connectivity index (χ2v) is 6.67. The van der Waals surface area contributed by atoms with Gasteiger partial charge in [0, 0.05) is 19.1 Å². The van der Waals surface area contributed by atoms with Crippen molar-refractivity contribution in [2.24, 2.45) is 5.92 Å². The minimum absolute atomic E-state index is 0.483. The normalized spacial score (nSPS) is 18.6. The Hall–Kier alpha value is -1.10. The smallest absolute Gasteiger partial charge is 0.119 e. The van der Waals surface area contributed by atoms with Gasteiger partial charge in [0.25, 0.3) is 0 Å². The molecular formula is C18H30N2O2. The second kappa shape index (κ2) is 8.51. The highest BCUT2D eigenvalue weighted by Crippen LogP contribution is 2.19. The summed E-state index contributed by atoms with van der Waals surface area (Å²) in [7, 11) is 1.65. The molecule has 1 unspecified atom stereocenters. The van der Waals surface area contributed by atoms with E-state index in [4.69, 9.17) is 4.74 Å². The van der Waals surface area contributed by atoms with E-state index in [2.05, 4.69) is 24.1 Å². The molecule has 0 radical (unpaired) electrons. The molecule has 1 aromatic carbocycles. The van der Waals surface area contributed by atoms with Gasteiger partial charge in [0.1, 0.15) is 5.75 Å². The third-order valence-corrected chi connectivity index (χ3v) is 4.29. The van der Waals surface area contributed by atoms with Gasteiger partial charge >= 0.3 is 0 Å². The van der Waals surface area contributed by atoms with Crippen molar-refractivity contribution in [1.29, 1.82) is 0 Å². The standard InChI is InChI=1S/C18H30N2O2/c1-14(2)13-20-9-7-16(8-10-20)19-12-18(21)15-5-4-6-17(11-15)22-3/h4-6,11,14,16,18-19,21H,7-10,12-13H2,1-3H3. The number of methoxy groups -OCH3 is 1. The molecule has 1 saturated heterocycles. The van der Waals surface area contributed by atoms with Crippen LogP contribution < -0.4 is 10.1 Å². The molecule has 22 heavy (non-hydrogen) atoms. The molecule has 0 bridgehead atoms. The predicted molar refractivity (Wildman–Crippen MR) is 90.3 cm³/mol. The number of rotatable bonds is 7. The molecule has 1 atom stereocenters. The lowest BCUT2D eigenvalue weighted by Gasteiger charge is -2.33. The molecule has 0 spiro atoms. The number of aliphatic hydroxyl groups excluding tert-OH is 1. The van der Waals surface area contributed by atoms with Gasteiger partial charge in [-0.2, -0.15) is 0 Å². The Morgan fingerprint density at radius 1 is 1.32 bits per heavy atom. The van der Waals surface area contributed by atoms with Crippen LogP contribution >= 0.6 is 0 Å². The van der Waals surface area contributed by atoms with Crippen LogP contribution in [-0.2, 0) is 0 Å². The highest BCUT2D eigenvalue weighted by atomic mass is 16.5. The van der Waals surface area contributed by atoms with Crippen molar-refractivity contribution < 1.29 is 9.84 Å². The van der Waals surface area contributed by atoms with E-state index in [1.807, 2.05) is 24.3 Å². The number of hydrogen-bond acceptors (Lipinski definition) is 4. The van der Waals surface area contributed by atoms with Gasteiger partial charge in [0.15, 0.2) is 0 Å². The molecule has 0 amide bonds. The average Bonchev–Trinajstić information content (AvgIpc) is 2.53. The van der Waals surface area contributed by atoms with E-state index in [0.29, 0.717) is 12.6 Å². The summed E-state index contributed by atoms with van der Waals surface area (Å²) in [5.41, 5.74) is 0.907. The van der Waals surface area contributed by atoms with Gasteiger partial charge in [-0.1, -0.05) is 26.0 Å². The van der Waals surface area contributed by atoms with Crippen molar-refractivity contribution in [3.05, 3.63) is 29.8 Å². The first-order valence-corrected chi connectivity index (χ1v) is 8.36. The Bertz CT molecular complexity index is 442. The van der Waals surface area contributed by atoms with Gasteiger partial charge in [0.2, 0.25) is 0 Å². The molecule has 1 heterocycles. The molecule has 1 aliphatic rings. The Kier molecular flexibility index (Phi) is 6.68.